The number of nitrogens with zero attached hydrogens (tertiary/aromatic N) is 2. The number of hydrogen-bond donors (Lipinski definition) is 0. The summed E-state index contributed by atoms with van der Waals surface area (Å²) >= 11 is 1.82. The zero-order valence-electron chi connectivity index (χ0n) is 12.8. The van der Waals surface area contributed by atoms with Crippen molar-refractivity contribution in [2.24, 2.45) is 0 Å². The van der Waals surface area contributed by atoms with Crippen LogP contribution in [0.1, 0.15) is 22.8 Å². The Morgan fingerprint density at radius 2 is 0.952 bits per heavy atom. The van der Waals surface area contributed by atoms with E-state index in [4.69, 9.17) is 0 Å². The first-order valence-electron chi connectivity index (χ1n) is 7.02. The van der Waals surface area contributed by atoms with Gasteiger partial charge in [0.25, 0.3) is 0 Å². The van der Waals surface area contributed by atoms with Crippen molar-refractivity contribution >= 4 is 11.3 Å². The number of thiophene rings is 1. The molecular formula is C18H18N2S. The summed E-state index contributed by atoms with van der Waals surface area (Å²) in [7, 11) is 0. The molecule has 0 aliphatic carbocycles. The van der Waals surface area contributed by atoms with Gasteiger partial charge in [0.05, 0.1) is 0 Å². The van der Waals surface area contributed by atoms with Gasteiger partial charge in [0, 0.05) is 32.5 Å². The van der Waals surface area contributed by atoms with E-state index in [0.717, 1.165) is 22.8 Å². The maximum absolute atomic E-state index is 4.44. The predicted octanol–water partition coefficient (Wildman–Crippen LogP) is 5.11. The van der Waals surface area contributed by atoms with Crippen molar-refractivity contribution < 1.29 is 0 Å². The maximum atomic E-state index is 4.44. The van der Waals surface area contributed by atoms with Crippen LogP contribution in [0.2, 0.25) is 0 Å². The molecule has 0 fully saturated rings. The highest BCUT2D eigenvalue weighted by molar-refractivity contribution is 7.18. The normalized spacial score (nSPS) is 10.9. The van der Waals surface area contributed by atoms with Gasteiger partial charge in [-0.25, -0.2) is 0 Å². The van der Waals surface area contributed by atoms with Gasteiger partial charge in [0.1, 0.15) is 0 Å². The van der Waals surface area contributed by atoms with E-state index in [0.29, 0.717) is 0 Å². The monoisotopic (exact) mass is 294 g/mol. The largest absolute Gasteiger partial charge is 0.258 e. The lowest BCUT2D eigenvalue weighted by atomic mass is 10.1. The van der Waals surface area contributed by atoms with Gasteiger partial charge in [-0.05, 0) is 75.2 Å². The predicted molar refractivity (Wildman–Crippen MR) is 89.7 cm³/mol. The van der Waals surface area contributed by atoms with Gasteiger partial charge in [-0.2, -0.15) is 0 Å². The first-order valence-corrected chi connectivity index (χ1v) is 7.84. The smallest absolute Gasteiger partial charge is 0.0382 e. The average molecular weight is 294 g/mol. The van der Waals surface area contributed by atoms with Crippen LogP contribution in [-0.4, -0.2) is 9.97 Å². The number of pyridine rings is 2. The van der Waals surface area contributed by atoms with Crippen LogP contribution < -0.4 is 0 Å². The summed E-state index contributed by atoms with van der Waals surface area (Å²) in [5.74, 6) is 0. The summed E-state index contributed by atoms with van der Waals surface area (Å²) in [5, 5.41) is 0. The number of hydrogen-bond acceptors (Lipinski definition) is 3. The minimum absolute atomic E-state index is 1.07. The Kier molecular flexibility index (Phi) is 3.60. The third-order valence-electron chi connectivity index (χ3n) is 3.34. The fraction of sp³-hybridized carbons (Fsp3) is 0.222. The second-order valence-electron chi connectivity index (χ2n) is 5.44. The molecule has 0 radical (unpaired) electrons. The fourth-order valence-corrected chi connectivity index (χ4v) is 3.58. The van der Waals surface area contributed by atoms with Gasteiger partial charge < -0.3 is 0 Å². The molecule has 0 bridgehead atoms. The molecule has 0 aromatic carbocycles. The molecule has 0 N–H and O–H groups in total. The molecule has 0 aliphatic rings. The third-order valence-corrected chi connectivity index (χ3v) is 4.52. The van der Waals surface area contributed by atoms with E-state index < -0.39 is 0 Å². The van der Waals surface area contributed by atoms with E-state index in [-0.39, 0.29) is 0 Å². The molecule has 0 atom stereocenters. The van der Waals surface area contributed by atoms with E-state index in [1.165, 1.54) is 20.9 Å². The molecule has 0 saturated carbocycles. The highest BCUT2D eigenvalue weighted by Crippen LogP contribution is 2.35. The molecule has 3 aromatic heterocycles. The Labute approximate surface area is 129 Å². The van der Waals surface area contributed by atoms with E-state index >= 15 is 0 Å². The van der Waals surface area contributed by atoms with Crippen molar-refractivity contribution in [3.63, 3.8) is 0 Å². The van der Waals surface area contributed by atoms with Gasteiger partial charge in [-0.3, -0.25) is 9.97 Å². The Morgan fingerprint density at radius 1 is 0.619 bits per heavy atom. The molecule has 0 unspecified atom stereocenters. The zero-order chi connectivity index (χ0) is 15.0. The van der Waals surface area contributed by atoms with Crippen LogP contribution in [0.4, 0.5) is 0 Å². The van der Waals surface area contributed by atoms with Crippen molar-refractivity contribution in [1.82, 2.24) is 9.97 Å². The van der Waals surface area contributed by atoms with Gasteiger partial charge in [-0.15, -0.1) is 11.3 Å². The number of aromatic nitrogens is 2. The summed E-state index contributed by atoms with van der Waals surface area (Å²) in [5.41, 5.74) is 6.76. The molecule has 0 saturated heterocycles. The first-order chi connectivity index (χ1) is 10.0. The summed E-state index contributed by atoms with van der Waals surface area (Å²) in [4.78, 5) is 11.5. The lowest BCUT2D eigenvalue weighted by Crippen LogP contribution is -1.86. The Morgan fingerprint density at radius 3 is 1.29 bits per heavy atom. The third kappa shape index (κ3) is 3.03. The minimum Gasteiger partial charge on any atom is -0.258 e. The Balaban J connectivity index is 2.03. The molecule has 3 rings (SSSR count). The standard InChI is InChI=1S/C18H18N2S/c1-11-7-15(8-12(2)19-11)17-5-6-18(21-17)16-9-13(3)20-14(4)10-16/h5-10H,1-4H3. The molecule has 106 valence electrons. The molecule has 0 spiro atoms. The summed E-state index contributed by atoms with van der Waals surface area (Å²) in [6, 6.07) is 13.0. The van der Waals surface area contributed by atoms with Gasteiger partial charge in [0.15, 0.2) is 0 Å². The minimum atomic E-state index is 1.07. The molecule has 21 heavy (non-hydrogen) atoms. The SMILES string of the molecule is Cc1cc(-c2ccc(-c3cc(C)nc(C)c3)s2)cc(C)n1. The van der Waals surface area contributed by atoms with Crippen LogP contribution in [0.3, 0.4) is 0 Å². The van der Waals surface area contributed by atoms with Crippen LogP contribution in [0, 0.1) is 27.7 Å². The first kappa shape index (κ1) is 14.0. The molecule has 3 aromatic rings. The quantitative estimate of drug-likeness (QED) is 0.656. The molecule has 3 heterocycles. The van der Waals surface area contributed by atoms with E-state index in [1.54, 1.807) is 0 Å². The summed E-state index contributed by atoms with van der Waals surface area (Å²) < 4.78 is 0. The van der Waals surface area contributed by atoms with Gasteiger partial charge >= 0.3 is 0 Å². The number of aryl methyl sites for hydroxylation is 4. The molecule has 0 amide bonds. The fourth-order valence-electron chi connectivity index (χ4n) is 2.60. The molecule has 3 heteroatoms. The topological polar surface area (TPSA) is 25.8 Å². The Hall–Kier alpha value is -2.00. The van der Waals surface area contributed by atoms with Crippen molar-refractivity contribution in [2.75, 3.05) is 0 Å². The van der Waals surface area contributed by atoms with Crippen LogP contribution in [0.5, 0.6) is 0 Å². The van der Waals surface area contributed by atoms with Crippen molar-refractivity contribution in [1.29, 1.82) is 0 Å². The number of rotatable bonds is 2. The zero-order valence-corrected chi connectivity index (χ0v) is 13.6. The van der Waals surface area contributed by atoms with Crippen LogP contribution >= 0.6 is 11.3 Å². The highest BCUT2D eigenvalue weighted by atomic mass is 32.1. The Bertz CT molecular complexity index is 696. The summed E-state index contributed by atoms with van der Waals surface area (Å²) in [6.45, 7) is 8.17. The van der Waals surface area contributed by atoms with Crippen molar-refractivity contribution in [3.8, 4) is 20.9 Å². The van der Waals surface area contributed by atoms with Crippen LogP contribution in [0.25, 0.3) is 20.9 Å². The van der Waals surface area contributed by atoms with E-state index in [1.807, 2.05) is 39.0 Å². The molecule has 2 nitrogen and oxygen atoms in total. The second kappa shape index (κ2) is 5.41. The van der Waals surface area contributed by atoms with E-state index in [9.17, 15) is 0 Å². The van der Waals surface area contributed by atoms with E-state index in [2.05, 4.69) is 46.4 Å². The van der Waals surface area contributed by atoms with Gasteiger partial charge in [0.2, 0.25) is 0 Å². The molecular weight excluding hydrogens is 276 g/mol. The second-order valence-corrected chi connectivity index (χ2v) is 6.52. The summed E-state index contributed by atoms with van der Waals surface area (Å²) in [6.07, 6.45) is 0. The average Bonchev–Trinajstić information content (AvgIpc) is 2.85. The van der Waals surface area contributed by atoms with Crippen molar-refractivity contribution in [3.05, 3.63) is 59.2 Å². The van der Waals surface area contributed by atoms with Crippen LogP contribution in [-0.2, 0) is 0 Å². The van der Waals surface area contributed by atoms with Crippen LogP contribution in [0.15, 0.2) is 36.4 Å². The lowest BCUT2D eigenvalue weighted by molar-refractivity contribution is 1.12. The highest BCUT2D eigenvalue weighted by Gasteiger charge is 2.07. The maximum Gasteiger partial charge on any atom is 0.0382 e. The van der Waals surface area contributed by atoms with Gasteiger partial charge in [-0.1, -0.05) is 0 Å². The molecule has 0 aliphatic heterocycles. The van der Waals surface area contributed by atoms with Crippen molar-refractivity contribution in [2.45, 2.75) is 27.7 Å². The lowest BCUT2D eigenvalue weighted by Gasteiger charge is -2.03.